The number of para-hydroxylation sites is 1. The van der Waals surface area contributed by atoms with Crippen molar-refractivity contribution in [1.29, 1.82) is 0 Å². The molecule has 2 unspecified atom stereocenters. The lowest BCUT2D eigenvalue weighted by molar-refractivity contribution is 0.419. The monoisotopic (exact) mass is 367 g/mol. The van der Waals surface area contributed by atoms with E-state index in [1.165, 1.54) is 0 Å². The van der Waals surface area contributed by atoms with Crippen LogP contribution in [0.15, 0.2) is 59.9 Å². The highest BCUT2D eigenvalue weighted by atomic mass is 16.1. The Morgan fingerprint density at radius 1 is 1.30 bits per heavy atom. The van der Waals surface area contributed by atoms with Crippen molar-refractivity contribution >= 4 is 16.5 Å². The van der Waals surface area contributed by atoms with E-state index in [1.807, 2.05) is 74.9 Å². The minimum Gasteiger partial charge on any atom is -0.317 e. The van der Waals surface area contributed by atoms with Gasteiger partial charge in [-0.1, -0.05) is 56.9 Å². The molecule has 2 atom stereocenters. The number of nitrogens with zero attached hydrogens (tertiary/aromatic N) is 2. The van der Waals surface area contributed by atoms with Gasteiger partial charge in [0, 0.05) is 17.7 Å². The quantitative estimate of drug-likeness (QED) is 0.690. The molecule has 146 valence electrons. The second kappa shape index (κ2) is 11.3. The van der Waals surface area contributed by atoms with Crippen LogP contribution in [0.1, 0.15) is 52.9 Å². The van der Waals surface area contributed by atoms with Crippen molar-refractivity contribution in [2.75, 3.05) is 7.05 Å². The molecule has 0 aliphatic rings. The lowest BCUT2D eigenvalue weighted by Gasteiger charge is -2.23. The number of nitrogens with one attached hydrogen (secondary N) is 1. The first-order valence-electron chi connectivity index (χ1n) is 9.67. The van der Waals surface area contributed by atoms with Crippen LogP contribution in [-0.2, 0) is 0 Å². The Balaban J connectivity index is 0.00000176. The normalized spacial score (nSPS) is 13.9. The van der Waals surface area contributed by atoms with E-state index < -0.39 is 0 Å². The summed E-state index contributed by atoms with van der Waals surface area (Å²) in [6.45, 7) is 13.9. The summed E-state index contributed by atoms with van der Waals surface area (Å²) in [5.74, 6) is 0.678. The van der Waals surface area contributed by atoms with E-state index in [-0.39, 0.29) is 11.6 Å². The molecule has 2 rings (SSSR count). The molecule has 0 radical (unpaired) electrons. The maximum absolute atomic E-state index is 13.2. The minimum atomic E-state index is -0.00383. The van der Waals surface area contributed by atoms with Crippen molar-refractivity contribution in [2.24, 2.45) is 0 Å². The minimum absolute atomic E-state index is 0.00383. The highest BCUT2D eigenvalue weighted by Crippen LogP contribution is 2.22. The Hall–Kier alpha value is -2.46. The van der Waals surface area contributed by atoms with E-state index in [0.29, 0.717) is 22.8 Å². The number of benzene rings is 1. The van der Waals surface area contributed by atoms with Gasteiger partial charge < -0.3 is 5.32 Å². The molecular weight excluding hydrogens is 334 g/mol. The third-order valence-electron chi connectivity index (χ3n) is 4.34. The molecule has 0 amide bonds. The Kier molecular flexibility index (Phi) is 9.45. The van der Waals surface area contributed by atoms with E-state index >= 15 is 0 Å². The molecule has 2 aromatic rings. The summed E-state index contributed by atoms with van der Waals surface area (Å²) < 4.78 is 1.81. The lowest BCUT2D eigenvalue weighted by Crippen LogP contribution is -2.32. The van der Waals surface area contributed by atoms with E-state index in [1.54, 1.807) is 6.08 Å². The van der Waals surface area contributed by atoms with Gasteiger partial charge in [-0.15, -0.1) is 0 Å². The Labute approximate surface area is 163 Å². The maximum Gasteiger partial charge on any atom is 0.261 e. The summed E-state index contributed by atoms with van der Waals surface area (Å²) in [5, 5.41) is 3.89. The number of aromatic nitrogens is 2. The van der Waals surface area contributed by atoms with E-state index in [2.05, 4.69) is 25.7 Å². The molecule has 0 saturated carbocycles. The van der Waals surface area contributed by atoms with Gasteiger partial charge in [0.15, 0.2) is 0 Å². The second-order valence-corrected chi connectivity index (χ2v) is 6.26. The molecule has 1 aromatic carbocycles. The fourth-order valence-corrected chi connectivity index (χ4v) is 3.00. The third kappa shape index (κ3) is 5.51. The summed E-state index contributed by atoms with van der Waals surface area (Å²) >= 11 is 0. The van der Waals surface area contributed by atoms with Crippen molar-refractivity contribution in [3.05, 3.63) is 71.3 Å². The summed E-state index contributed by atoms with van der Waals surface area (Å²) in [5.41, 5.74) is 1.59. The van der Waals surface area contributed by atoms with Gasteiger partial charge in [-0.3, -0.25) is 9.36 Å². The molecule has 4 nitrogen and oxygen atoms in total. The highest BCUT2D eigenvalue weighted by molar-refractivity contribution is 5.81. The van der Waals surface area contributed by atoms with Crippen LogP contribution in [0.25, 0.3) is 16.5 Å². The van der Waals surface area contributed by atoms with Crippen molar-refractivity contribution in [3.63, 3.8) is 0 Å². The third-order valence-corrected chi connectivity index (χ3v) is 4.34. The topological polar surface area (TPSA) is 46.9 Å². The molecule has 0 spiro atoms. The zero-order valence-corrected chi connectivity index (χ0v) is 17.5. The zero-order chi connectivity index (χ0) is 20.4. The second-order valence-electron chi connectivity index (χ2n) is 6.26. The number of hydrogen-bond acceptors (Lipinski definition) is 3. The number of fused-ring (bicyclic) bond motifs is 1. The molecule has 0 aliphatic heterocycles. The van der Waals surface area contributed by atoms with Gasteiger partial charge in [-0.2, -0.15) is 0 Å². The van der Waals surface area contributed by atoms with Crippen molar-refractivity contribution in [3.8, 4) is 0 Å². The van der Waals surface area contributed by atoms with Gasteiger partial charge in [0.2, 0.25) is 0 Å². The SMILES string of the molecule is C=C/C=C(\C=C/C)c1nc2ccccc2c(=O)n1C(C)CC(C)NC.CC. The van der Waals surface area contributed by atoms with Crippen LogP contribution in [0.2, 0.25) is 0 Å². The molecule has 27 heavy (non-hydrogen) atoms. The predicted molar refractivity (Wildman–Crippen MR) is 118 cm³/mol. The van der Waals surface area contributed by atoms with Crippen molar-refractivity contribution < 1.29 is 0 Å². The zero-order valence-electron chi connectivity index (χ0n) is 17.5. The van der Waals surface area contributed by atoms with Crippen LogP contribution in [0.5, 0.6) is 0 Å². The summed E-state index contributed by atoms with van der Waals surface area (Å²) in [7, 11) is 1.93. The predicted octanol–water partition coefficient (Wildman–Crippen LogP) is 5.13. The largest absolute Gasteiger partial charge is 0.317 e. The van der Waals surface area contributed by atoms with Gasteiger partial charge in [0.05, 0.1) is 10.9 Å². The first kappa shape index (κ1) is 22.6. The van der Waals surface area contributed by atoms with E-state index in [4.69, 9.17) is 4.98 Å². The molecule has 4 heteroatoms. The van der Waals surface area contributed by atoms with Gasteiger partial charge in [0.25, 0.3) is 5.56 Å². The van der Waals surface area contributed by atoms with E-state index in [0.717, 1.165) is 12.0 Å². The summed E-state index contributed by atoms with van der Waals surface area (Å²) in [4.78, 5) is 18.0. The van der Waals surface area contributed by atoms with Crippen LogP contribution < -0.4 is 10.9 Å². The van der Waals surface area contributed by atoms with Gasteiger partial charge in [-0.05, 0) is 46.4 Å². The Morgan fingerprint density at radius 3 is 2.56 bits per heavy atom. The van der Waals surface area contributed by atoms with Crippen LogP contribution in [0, 0.1) is 0 Å². The molecule has 0 fully saturated rings. The van der Waals surface area contributed by atoms with Crippen LogP contribution in [-0.4, -0.2) is 22.6 Å². The Bertz CT molecular complexity index is 862. The fraction of sp³-hybridized carbons (Fsp3) is 0.391. The number of allylic oxidation sites excluding steroid dienone is 5. The summed E-state index contributed by atoms with van der Waals surface area (Å²) in [6, 6.07) is 7.82. The molecule has 0 aliphatic carbocycles. The maximum atomic E-state index is 13.2. The highest BCUT2D eigenvalue weighted by Gasteiger charge is 2.19. The number of hydrogen-bond donors (Lipinski definition) is 1. The average molecular weight is 368 g/mol. The molecule has 0 saturated heterocycles. The van der Waals surface area contributed by atoms with Crippen LogP contribution in [0.4, 0.5) is 0 Å². The molecular formula is C23H33N3O. The standard InChI is InChI=1S/C21H27N3O.C2H6/c1-6-10-17(11-7-2)20-23-19-13-9-8-12-18(19)21(25)24(20)16(4)14-15(3)22-5;1-2/h6-13,15-16,22H,1,14H2,2-5H3;1-2H3/b11-7-,17-10+;. The van der Waals surface area contributed by atoms with Crippen LogP contribution in [0.3, 0.4) is 0 Å². The molecule has 1 aromatic heterocycles. The first-order valence-corrected chi connectivity index (χ1v) is 9.67. The lowest BCUT2D eigenvalue weighted by atomic mass is 10.1. The number of rotatable bonds is 7. The van der Waals surface area contributed by atoms with Gasteiger partial charge in [-0.25, -0.2) is 4.98 Å². The average Bonchev–Trinajstić information content (AvgIpc) is 2.69. The van der Waals surface area contributed by atoms with Crippen molar-refractivity contribution in [2.45, 2.75) is 53.1 Å². The van der Waals surface area contributed by atoms with Gasteiger partial charge >= 0.3 is 0 Å². The first-order chi connectivity index (χ1) is 13.0. The molecule has 0 bridgehead atoms. The van der Waals surface area contributed by atoms with E-state index in [9.17, 15) is 4.79 Å². The Morgan fingerprint density at radius 2 is 1.96 bits per heavy atom. The molecule has 1 heterocycles. The molecule has 1 N–H and O–H groups in total. The summed E-state index contributed by atoms with van der Waals surface area (Å²) in [6.07, 6.45) is 8.36. The smallest absolute Gasteiger partial charge is 0.261 e. The van der Waals surface area contributed by atoms with Gasteiger partial charge in [0.1, 0.15) is 5.82 Å². The fourth-order valence-electron chi connectivity index (χ4n) is 3.00. The van der Waals surface area contributed by atoms with Crippen molar-refractivity contribution in [1.82, 2.24) is 14.9 Å². The van der Waals surface area contributed by atoms with Crippen LogP contribution >= 0.6 is 0 Å².